The average Bonchev–Trinajstić information content (AvgIpc) is 2.76. The Hall–Kier alpha value is -0.540. The van der Waals surface area contributed by atoms with Gasteiger partial charge in [-0.15, -0.1) is 0 Å². The zero-order chi connectivity index (χ0) is 12.0. The lowest BCUT2D eigenvalue weighted by Gasteiger charge is -2.36. The van der Waals surface area contributed by atoms with Crippen molar-refractivity contribution in [1.82, 2.24) is 5.32 Å². The highest BCUT2D eigenvalue weighted by molar-refractivity contribution is 9.10. The molecule has 1 aromatic carbocycles. The van der Waals surface area contributed by atoms with E-state index in [0.717, 1.165) is 38.1 Å². The second kappa shape index (κ2) is 3.99. The van der Waals surface area contributed by atoms with Crippen molar-refractivity contribution in [2.75, 3.05) is 13.1 Å². The number of ether oxygens (including phenoxy) is 1. The molecule has 0 saturated carbocycles. The van der Waals surface area contributed by atoms with E-state index >= 15 is 0 Å². The normalized spacial score (nSPS) is 27.0. The fourth-order valence-electron chi connectivity index (χ4n) is 2.90. The third-order valence-electron chi connectivity index (χ3n) is 4.23. The Labute approximate surface area is 111 Å². The molecule has 2 nitrogen and oxygen atoms in total. The van der Waals surface area contributed by atoms with Gasteiger partial charge in [0.2, 0.25) is 0 Å². The summed E-state index contributed by atoms with van der Waals surface area (Å²) in [6.07, 6.45) is 3.42. The Morgan fingerprint density at radius 3 is 2.82 bits per heavy atom. The van der Waals surface area contributed by atoms with Crippen LogP contribution in [0.1, 0.15) is 29.5 Å². The third-order valence-corrected chi connectivity index (χ3v) is 5.05. The van der Waals surface area contributed by atoms with Crippen LogP contribution in [0.4, 0.5) is 0 Å². The van der Waals surface area contributed by atoms with Crippen LogP contribution in [0.15, 0.2) is 10.5 Å². The summed E-state index contributed by atoms with van der Waals surface area (Å²) in [7, 11) is 0. The largest absolute Gasteiger partial charge is 0.485 e. The minimum Gasteiger partial charge on any atom is -0.485 e. The van der Waals surface area contributed by atoms with E-state index in [1.165, 1.54) is 21.2 Å². The second-order valence-electron chi connectivity index (χ2n) is 5.31. The molecule has 17 heavy (non-hydrogen) atoms. The van der Waals surface area contributed by atoms with Gasteiger partial charge < -0.3 is 10.1 Å². The number of rotatable bonds is 0. The fraction of sp³-hybridized carbons (Fsp3) is 0.571. The summed E-state index contributed by atoms with van der Waals surface area (Å²) in [6, 6.07) is 2.23. The monoisotopic (exact) mass is 295 g/mol. The summed E-state index contributed by atoms with van der Waals surface area (Å²) < 4.78 is 7.57. The molecule has 3 heteroatoms. The van der Waals surface area contributed by atoms with Crippen LogP contribution in [0.25, 0.3) is 0 Å². The maximum Gasteiger partial charge on any atom is 0.126 e. The van der Waals surface area contributed by atoms with Gasteiger partial charge in [-0.25, -0.2) is 0 Å². The van der Waals surface area contributed by atoms with Crippen molar-refractivity contribution in [3.05, 3.63) is 27.2 Å². The molecule has 0 aliphatic carbocycles. The summed E-state index contributed by atoms with van der Waals surface area (Å²) >= 11 is 3.63. The van der Waals surface area contributed by atoms with E-state index in [1.54, 1.807) is 0 Å². The summed E-state index contributed by atoms with van der Waals surface area (Å²) in [6.45, 7) is 6.41. The van der Waals surface area contributed by atoms with Crippen LogP contribution < -0.4 is 10.1 Å². The number of benzene rings is 1. The minimum atomic E-state index is 0.0675. The van der Waals surface area contributed by atoms with E-state index < -0.39 is 0 Å². The average molecular weight is 296 g/mol. The molecule has 0 aromatic heterocycles. The third kappa shape index (κ3) is 1.80. The first-order chi connectivity index (χ1) is 8.11. The lowest BCUT2D eigenvalue weighted by molar-refractivity contribution is 0.0654. The maximum absolute atomic E-state index is 6.36. The molecule has 2 aliphatic heterocycles. The highest BCUT2D eigenvalue weighted by Gasteiger charge is 2.39. The zero-order valence-electron chi connectivity index (χ0n) is 10.4. The Balaban J connectivity index is 2.04. The van der Waals surface area contributed by atoms with Crippen LogP contribution in [0.3, 0.4) is 0 Å². The van der Waals surface area contributed by atoms with E-state index in [-0.39, 0.29) is 5.60 Å². The van der Waals surface area contributed by atoms with Crippen LogP contribution in [0.5, 0.6) is 5.75 Å². The molecule has 2 aliphatic rings. The fourth-order valence-corrected chi connectivity index (χ4v) is 3.47. The Kier molecular flexibility index (Phi) is 2.71. The van der Waals surface area contributed by atoms with Gasteiger partial charge in [0.05, 0.1) is 0 Å². The van der Waals surface area contributed by atoms with Crippen molar-refractivity contribution in [3.8, 4) is 5.75 Å². The van der Waals surface area contributed by atoms with Crippen molar-refractivity contribution in [2.24, 2.45) is 0 Å². The minimum absolute atomic E-state index is 0.0675. The van der Waals surface area contributed by atoms with E-state index in [4.69, 9.17) is 4.74 Å². The molecular formula is C14H18BrNO. The summed E-state index contributed by atoms with van der Waals surface area (Å²) in [5.41, 5.74) is 4.02. The predicted octanol–water partition coefficient (Wildman–Crippen LogP) is 3.12. The van der Waals surface area contributed by atoms with Gasteiger partial charge in [0.25, 0.3) is 0 Å². The van der Waals surface area contributed by atoms with Gasteiger partial charge in [0, 0.05) is 17.4 Å². The smallest absolute Gasteiger partial charge is 0.126 e. The molecule has 0 radical (unpaired) electrons. The van der Waals surface area contributed by atoms with E-state index in [0.29, 0.717) is 0 Å². The van der Waals surface area contributed by atoms with Crippen molar-refractivity contribution in [1.29, 1.82) is 0 Å². The summed E-state index contributed by atoms with van der Waals surface area (Å²) in [5, 5.41) is 3.42. The van der Waals surface area contributed by atoms with Gasteiger partial charge in [0.15, 0.2) is 0 Å². The van der Waals surface area contributed by atoms with Gasteiger partial charge in [-0.05, 0) is 56.0 Å². The van der Waals surface area contributed by atoms with Gasteiger partial charge in [-0.1, -0.05) is 15.9 Å². The molecule has 3 rings (SSSR count). The SMILES string of the molecule is Cc1c(Br)cc2c(c1C)OC1(CCNC1)CC2. The Morgan fingerprint density at radius 2 is 2.12 bits per heavy atom. The molecule has 0 amide bonds. The molecule has 1 aromatic rings. The number of hydrogen-bond acceptors (Lipinski definition) is 2. The van der Waals surface area contributed by atoms with Gasteiger partial charge in [-0.2, -0.15) is 0 Å². The maximum atomic E-state index is 6.36. The van der Waals surface area contributed by atoms with Gasteiger partial charge in [0.1, 0.15) is 11.4 Å². The lowest BCUT2D eigenvalue weighted by Crippen LogP contribution is -2.41. The summed E-state index contributed by atoms with van der Waals surface area (Å²) in [5.74, 6) is 1.14. The molecule has 1 saturated heterocycles. The van der Waals surface area contributed by atoms with Gasteiger partial charge in [-0.3, -0.25) is 0 Å². The molecule has 1 N–H and O–H groups in total. The molecule has 2 heterocycles. The molecule has 1 unspecified atom stereocenters. The number of fused-ring (bicyclic) bond motifs is 1. The first kappa shape index (κ1) is 11.5. The quantitative estimate of drug-likeness (QED) is 0.794. The second-order valence-corrected chi connectivity index (χ2v) is 6.16. The molecular weight excluding hydrogens is 278 g/mol. The molecule has 1 fully saturated rings. The zero-order valence-corrected chi connectivity index (χ0v) is 12.0. The Bertz CT molecular complexity index is 464. The van der Waals surface area contributed by atoms with Crippen molar-refractivity contribution < 1.29 is 4.74 Å². The number of hydrogen-bond donors (Lipinski definition) is 1. The Morgan fingerprint density at radius 1 is 1.29 bits per heavy atom. The van der Waals surface area contributed by atoms with E-state index in [1.807, 2.05) is 0 Å². The highest BCUT2D eigenvalue weighted by atomic mass is 79.9. The number of aryl methyl sites for hydroxylation is 1. The van der Waals surface area contributed by atoms with Gasteiger partial charge >= 0.3 is 0 Å². The van der Waals surface area contributed by atoms with Crippen molar-refractivity contribution in [3.63, 3.8) is 0 Å². The standard InChI is InChI=1S/C14H18BrNO/c1-9-10(2)13-11(7-12(9)15)3-4-14(17-13)5-6-16-8-14/h7,16H,3-6,8H2,1-2H3. The van der Waals surface area contributed by atoms with Crippen LogP contribution >= 0.6 is 15.9 Å². The van der Waals surface area contributed by atoms with Crippen LogP contribution in [-0.4, -0.2) is 18.7 Å². The van der Waals surface area contributed by atoms with Crippen molar-refractivity contribution in [2.45, 2.75) is 38.7 Å². The first-order valence-electron chi connectivity index (χ1n) is 6.30. The van der Waals surface area contributed by atoms with Crippen LogP contribution in [0.2, 0.25) is 0 Å². The molecule has 1 spiro atoms. The molecule has 0 bridgehead atoms. The lowest BCUT2D eigenvalue weighted by atomic mass is 9.88. The first-order valence-corrected chi connectivity index (χ1v) is 7.09. The van der Waals surface area contributed by atoms with Crippen molar-refractivity contribution >= 4 is 15.9 Å². The number of halogens is 1. The summed E-state index contributed by atoms with van der Waals surface area (Å²) in [4.78, 5) is 0. The molecule has 1 atom stereocenters. The van der Waals surface area contributed by atoms with E-state index in [9.17, 15) is 0 Å². The topological polar surface area (TPSA) is 21.3 Å². The molecule has 92 valence electrons. The number of nitrogens with one attached hydrogen (secondary N) is 1. The predicted molar refractivity (Wildman–Crippen MR) is 72.8 cm³/mol. The van der Waals surface area contributed by atoms with Crippen LogP contribution in [0, 0.1) is 13.8 Å². The van der Waals surface area contributed by atoms with Crippen LogP contribution in [-0.2, 0) is 6.42 Å². The van der Waals surface area contributed by atoms with E-state index in [2.05, 4.69) is 41.2 Å². The highest BCUT2D eigenvalue weighted by Crippen LogP contribution is 2.41.